The van der Waals surface area contributed by atoms with E-state index in [0.29, 0.717) is 0 Å². The Labute approximate surface area is 697 Å². The summed E-state index contributed by atoms with van der Waals surface area (Å²) >= 11 is 16.4. The molecule has 8 heteroatoms. The molecule has 16 aromatic carbocycles. The Morgan fingerprint density at radius 2 is 0.658 bits per heavy atom. The number of fused-ring (bicyclic) bond motifs is 12. The van der Waals surface area contributed by atoms with Gasteiger partial charge in [-0.05, 0) is 250 Å². The van der Waals surface area contributed by atoms with Crippen LogP contribution >= 0.6 is 86.3 Å². The van der Waals surface area contributed by atoms with Crippen LogP contribution in [0, 0.1) is 3.57 Å². The third kappa shape index (κ3) is 13.6. The van der Waals surface area contributed by atoms with E-state index in [1.807, 2.05) is 6.07 Å². The van der Waals surface area contributed by atoms with Crippen molar-refractivity contribution in [1.82, 2.24) is 4.57 Å². The number of anilines is 6. The van der Waals surface area contributed by atoms with E-state index in [-0.39, 0.29) is 10.8 Å². The average Bonchev–Trinajstić information content (AvgIpc) is 1.60. The van der Waals surface area contributed by atoms with Crippen LogP contribution in [-0.4, -0.2) is 4.57 Å². The Morgan fingerprint density at radius 3 is 1.18 bits per heavy atom. The summed E-state index contributed by atoms with van der Waals surface area (Å²) in [6.07, 6.45) is 1.02. The van der Waals surface area contributed by atoms with Gasteiger partial charge in [0.25, 0.3) is 0 Å². The Balaban J connectivity index is 0.000000141. The van der Waals surface area contributed by atoms with E-state index >= 15 is 0 Å². The van der Waals surface area contributed by atoms with Gasteiger partial charge in [0.15, 0.2) is 0 Å². The zero-order valence-electron chi connectivity index (χ0n) is 61.6. The van der Waals surface area contributed by atoms with Crippen LogP contribution in [0.2, 0.25) is 0 Å². The van der Waals surface area contributed by atoms with Gasteiger partial charge in [0, 0.05) is 82.6 Å². The number of hydrogen-bond donors (Lipinski definition) is 0. The Morgan fingerprint density at radius 1 is 0.270 bits per heavy atom. The maximum absolute atomic E-state index is 3.71. The number of halogens is 5. The molecule has 20 rings (SSSR count). The van der Waals surface area contributed by atoms with Crippen molar-refractivity contribution in [2.45, 2.75) is 44.9 Å². The molecule has 0 bridgehead atoms. The molecule has 0 spiro atoms. The predicted molar refractivity (Wildman–Crippen MR) is 492 cm³/mol. The molecule has 0 saturated heterocycles. The molecule has 0 atom stereocenters. The first-order valence-corrected chi connectivity index (χ1v) is 41.8. The highest BCUT2D eigenvalue weighted by molar-refractivity contribution is 14.1. The summed E-state index contributed by atoms with van der Waals surface area (Å²) in [5, 5.41) is 2.46. The zero-order valence-corrected chi connectivity index (χ0v) is 70.1. The van der Waals surface area contributed by atoms with Gasteiger partial charge >= 0.3 is 0 Å². The number of nitrogens with zero attached hydrogens (tertiary/aromatic N) is 3. The molecule has 3 aliphatic rings. The summed E-state index contributed by atoms with van der Waals surface area (Å²) in [4.78, 5) is 4.86. The largest absolute Gasteiger partial charge is 0.310 e. The summed E-state index contributed by atoms with van der Waals surface area (Å²) < 4.78 is 7.88. The second-order valence-electron chi connectivity index (χ2n) is 29.8. The molecule has 3 aliphatic carbocycles. The number of benzene rings is 16. The first kappa shape index (κ1) is 72.1. The molecule has 0 aliphatic heterocycles. The minimum absolute atomic E-state index is 0.0808. The molecule has 0 unspecified atom stereocenters. The Kier molecular flexibility index (Phi) is 19.5. The molecule has 1 aromatic heterocycles. The highest BCUT2D eigenvalue weighted by Crippen LogP contribution is 2.54. The molecule has 3 nitrogen and oxygen atoms in total. The second kappa shape index (κ2) is 30.0. The van der Waals surface area contributed by atoms with Crippen LogP contribution in [0.4, 0.5) is 34.1 Å². The third-order valence-corrected chi connectivity index (χ3v) is 24.9. The molecule has 17 aromatic rings. The normalized spacial score (nSPS) is 12.8. The van der Waals surface area contributed by atoms with E-state index in [2.05, 4.69) is 486 Å². The zero-order chi connectivity index (χ0) is 75.7. The van der Waals surface area contributed by atoms with E-state index in [1.165, 1.54) is 137 Å². The molecule has 0 radical (unpaired) electrons. The smallest absolute Gasteiger partial charge is 0.0541 e. The summed E-state index contributed by atoms with van der Waals surface area (Å²) in [6, 6.07) is 133. The summed E-state index contributed by atoms with van der Waals surface area (Å²) in [5.74, 6) is 0. The van der Waals surface area contributed by atoms with E-state index in [0.717, 1.165) is 64.1 Å². The van der Waals surface area contributed by atoms with Crippen molar-refractivity contribution in [2.24, 2.45) is 0 Å². The first-order valence-electron chi connectivity index (χ1n) is 37.5. The maximum Gasteiger partial charge on any atom is 0.0541 e. The predicted octanol–water partition coefficient (Wildman–Crippen LogP) is 31.6. The van der Waals surface area contributed by atoms with E-state index < -0.39 is 0 Å². The fourth-order valence-electron chi connectivity index (χ4n) is 17.1. The van der Waals surface area contributed by atoms with Gasteiger partial charge in [0.05, 0.1) is 22.4 Å². The highest BCUT2D eigenvalue weighted by Gasteiger charge is 2.38. The molecule has 1 heterocycles. The minimum atomic E-state index is -0.105. The van der Waals surface area contributed by atoms with Crippen molar-refractivity contribution in [1.29, 1.82) is 0 Å². The number of rotatable bonds is 11. The van der Waals surface area contributed by atoms with Crippen molar-refractivity contribution in [3.8, 4) is 83.6 Å². The molecule has 0 saturated carbocycles. The number of hydrogen-bond acceptors (Lipinski definition) is 2. The van der Waals surface area contributed by atoms with Crippen LogP contribution in [-0.2, 0) is 17.3 Å². The van der Waals surface area contributed by atoms with Crippen LogP contribution in [0.25, 0.3) is 105 Å². The van der Waals surface area contributed by atoms with Crippen LogP contribution in [0.15, 0.2) is 382 Å². The molecular formula is C103H74Br4IN3. The molecule has 0 amide bonds. The average molecular weight is 1800 g/mol. The van der Waals surface area contributed by atoms with Gasteiger partial charge in [0.2, 0.25) is 0 Å². The van der Waals surface area contributed by atoms with Crippen molar-refractivity contribution < 1.29 is 0 Å². The topological polar surface area (TPSA) is 11.4 Å². The summed E-state index contributed by atoms with van der Waals surface area (Å²) in [6.45, 7) is 9.41. The lowest BCUT2D eigenvalue weighted by molar-refractivity contribution is 0.660. The minimum Gasteiger partial charge on any atom is -0.310 e. The molecule has 536 valence electrons. The van der Waals surface area contributed by atoms with Gasteiger partial charge in [-0.1, -0.05) is 334 Å². The SMILES string of the molecule is Brc1cc(Br)cc(I)c1.CC1(C)c2ccccc2-c2ccc(N(c3ccc(-c4ccc5c(c4)-c4ccccc4C5)cc3)c3ccccc3-c3ccccc3)cc21.CC1(C)c2ccccc2-c2ccc(N(c3ccc(-c4ccc5c(c4)c4ccccc4n5-c4cc(Br)cc(Br)c4)cc3)c3ccccc3-c3ccccc3)cc21. The first-order chi connectivity index (χ1) is 54.1. The van der Waals surface area contributed by atoms with Gasteiger partial charge in [-0.15, -0.1) is 0 Å². The van der Waals surface area contributed by atoms with Crippen LogP contribution in [0.5, 0.6) is 0 Å². The quantitative estimate of drug-likeness (QED) is 0.120. The van der Waals surface area contributed by atoms with Gasteiger partial charge in [0.1, 0.15) is 0 Å². The monoisotopic (exact) mass is 1800 g/mol. The van der Waals surface area contributed by atoms with Crippen molar-refractivity contribution in [3.63, 3.8) is 0 Å². The van der Waals surface area contributed by atoms with E-state index in [9.17, 15) is 0 Å². The maximum atomic E-state index is 3.71. The van der Waals surface area contributed by atoms with Gasteiger partial charge in [-0.25, -0.2) is 0 Å². The van der Waals surface area contributed by atoms with Crippen molar-refractivity contribution >= 4 is 142 Å². The Hall–Kier alpha value is -10.4. The molecule has 0 N–H and O–H groups in total. The summed E-state index contributed by atoms with van der Waals surface area (Å²) in [7, 11) is 0. The van der Waals surface area contributed by atoms with Crippen molar-refractivity contribution in [2.75, 3.05) is 9.80 Å². The van der Waals surface area contributed by atoms with E-state index in [4.69, 9.17) is 0 Å². The Bertz CT molecular complexity index is 6370. The molecular weight excluding hydrogens is 1730 g/mol. The number of aromatic nitrogens is 1. The number of para-hydroxylation sites is 3. The standard InChI is InChI=1S/C51H36Br2N2.C46H35N.C6H3Br2I/c1-51(2)46-17-9-6-15-42(46)43-26-25-39(32-47(43)51)54(48-18-10-7-14-41(48)34-12-4-3-5-13-34)38-23-20-33(21-24-38)35-22-27-50-45(28-35)44-16-8-11-19-49(44)55(50)40-30-36(52)29-37(53)31-40;1-46(2)43-18-10-8-17-40(43)41-27-26-37(30-44(41)46)47(45-19-11-9-16-39(45)32-12-4-3-5-13-32)36-24-22-31(23-25-36)33-20-21-35-28-34-14-6-7-15-38(34)42(35)29-33;7-4-1-5(8)3-6(9)2-4/h3-32H,1-2H3;3-27,29-30H,28H2,1-2H3;1-3H. The summed E-state index contributed by atoms with van der Waals surface area (Å²) in [5.41, 5.74) is 36.2. The lowest BCUT2D eigenvalue weighted by Gasteiger charge is -2.30. The fraction of sp³-hybridized carbons (Fsp3) is 0.0680. The van der Waals surface area contributed by atoms with Gasteiger partial charge in [-0.3, -0.25) is 0 Å². The van der Waals surface area contributed by atoms with Crippen LogP contribution < -0.4 is 9.80 Å². The molecule has 111 heavy (non-hydrogen) atoms. The van der Waals surface area contributed by atoms with Crippen molar-refractivity contribution in [3.05, 3.63) is 419 Å². The lowest BCUT2D eigenvalue weighted by atomic mass is 9.82. The molecule has 0 fully saturated rings. The fourth-order valence-corrected chi connectivity index (χ4v) is 21.2. The lowest BCUT2D eigenvalue weighted by Crippen LogP contribution is -2.16. The third-order valence-electron chi connectivity index (χ3n) is 22.4. The van der Waals surface area contributed by atoms with E-state index in [1.54, 1.807) is 0 Å². The second-order valence-corrected chi connectivity index (χ2v) is 34.7. The highest BCUT2D eigenvalue weighted by atomic mass is 127. The van der Waals surface area contributed by atoms with Gasteiger partial charge in [-0.2, -0.15) is 0 Å². The van der Waals surface area contributed by atoms with Gasteiger partial charge < -0.3 is 14.4 Å². The van der Waals surface area contributed by atoms with Crippen LogP contribution in [0.3, 0.4) is 0 Å². The van der Waals surface area contributed by atoms with Crippen LogP contribution in [0.1, 0.15) is 61.1 Å².